The minimum atomic E-state index is -1.16. The van der Waals surface area contributed by atoms with Gasteiger partial charge in [-0.25, -0.2) is 0 Å². The van der Waals surface area contributed by atoms with Crippen LogP contribution in [-0.2, 0) is 4.79 Å². The van der Waals surface area contributed by atoms with Gasteiger partial charge in [-0.1, -0.05) is 18.2 Å². The summed E-state index contributed by atoms with van der Waals surface area (Å²) in [7, 11) is 5.82. The lowest BCUT2D eigenvalue weighted by atomic mass is 10.1. The van der Waals surface area contributed by atoms with Crippen molar-refractivity contribution in [3.05, 3.63) is 35.9 Å². The van der Waals surface area contributed by atoms with Crippen molar-refractivity contribution < 1.29 is 19.2 Å². The van der Waals surface area contributed by atoms with Crippen molar-refractivity contribution >= 4 is 11.9 Å². The lowest BCUT2D eigenvalue weighted by molar-refractivity contribution is -0.871. The highest BCUT2D eigenvalue weighted by atomic mass is 16.4. The third-order valence-electron chi connectivity index (χ3n) is 2.55. The van der Waals surface area contributed by atoms with Crippen LogP contribution in [0.25, 0.3) is 0 Å². The zero-order chi connectivity index (χ0) is 14.5. The second-order valence-corrected chi connectivity index (χ2v) is 5.59. The highest BCUT2D eigenvalue weighted by Crippen LogP contribution is 2.03. The predicted molar refractivity (Wildman–Crippen MR) is 70.2 cm³/mol. The quantitative estimate of drug-likeness (QED) is 0.713. The first-order chi connectivity index (χ1) is 8.78. The molecule has 0 radical (unpaired) electrons. The van der Waals surface area contributed by atoms with Gasteiger partial charge in [-0.3, -0.25) is 4.79 Å². The van der Waals surface area contributed by atoms with Crippen LogP contribution in [0.15, 0.2) is 30.3 Å². The highest BCUT2D eigenvalue weighted by molar-refractivity contribution is 5.94. The van der Waals surface area contributed by atoms with E-state index in [2.05, 4.69) is 5.32 Å². The van der Waals surface area contributed by atoms with Crippen LogP contribution in [0.1, 0.15) is 16.8 Å². The van der Waals surface area contributed by atoms with Gasteiger partial charge in [0.05, 0.1) is 33.7 Å². The molecule has 104 valence electrons. The number of quaternary nitrogens is 1. The van der Waals surface area contributed by atoms with E-state index in [-0.39, 0.29) is 12.3 Å². The van der Waals surface area contributed by atoms with Crippen LogP contribution in [0, 0.1) is 0 Å². The van der Waals surface area contributed by atoms with Crippen molar-refractivity contribution in [3.63, 3.8) is 0 Å². The predicted octanol–water partition coefficient (Wildman–Crippen LogP) is -0.369. The summed E-state index contributed by atoms with van der Waals surface area (Å²) in [6.45, 7) is 0.520. The van der Waals surface area contributed by atoms with Gasteiger partial charge in [0.15, 0.2) is 0 Å². The average molecular weight is 264 g/mol. The van der Waals surface area contributed by atoms with Crippen molar-refractivity contribution in [3.8, 4) is 0 Å². The number of carboxylic acids is 1. The molecule has 1 N–H and O–H groups in total. The fourth-order valence-electron chi connectivity index (χ4n) is 1.88. The number of carbonyl (C=O) groups is 2. The van der Waals surface area contributed by atoms with Gasteiger partial charge in [0, 0.05) is 18.0 Å². The second kappa shape index (κ2) is 6.33. The second-order valence-electron chi connectivity index (χ2n) is 5.59. The summed E-state index contributed by atoms with van der Waals surface area (Å²) in [5.41, 5.74) is 0.521. The molecule has 0 aliphatic carbocycles. The number of carbonyl (C=O) groups excluding carboxylic acids is 2. The Kier molecular flexibility index (Phi) is 5.06. The molecule has 0 saturated heterocycles. The Hall–Kier alpha value is -1.88. The summed E-state index contributed by atoms with van der Waals surface area (Å²) in [5.74, 6) is -1.42. The Balaban J connectivity index is 2.72. The third kappa shape index (κ3) is 6.01. The van der Waals surface area contributed by atoms with Gasteiger partial charge >= 0.3 is 0 Å². The van der Waals surface area contributed by atoms with Crippen molar-refractivity contribution in [2.45, 2.75) is 12.5 Å². The fourth-order valence-corrected chi connectivity index (χ4v) is 1.88. The number of carboxylic acid groups (broad SMARTS) is 1. The number of amides is 1. The van der Waals surface area contributed by atoms with Gasteiger partial charge in [0.2, 0.25) is 0 Å². The van der Waals surface area contributed by atoms with E-state index >= 15 is 0 Å². The summed E-state index contributed by atoms with van der Waals surface area (Å²) in [6, 6.07) is 8.29. The maximum absolute atomic E-state index is 12.0. The first-order valence-electron chi connectivity index (χ1n) is 6.14. The molecule has 0 aliphatic rings. The number of benzene rings is 1. The van der Waals surface area contributed by atoms with E-state index in [4.69, 9.17) is 0 Å². The largest absolute Gasteiger partial charge is 0.550 e. The number of rotatable bonds is 6. The Morgan fingerprint density at radius 2 is 1.79 bits per heavy atom. The number of hydrogen-bond donors (Lipinski definition) is 1. The summed E-state index contributed by atoms with van der Waals surface area (Å²) in [5, 5.41) is 13.5. The van der Waals surface area contributed by atoms with Gasteiger partial charge in [-0.15, -0.1) is 0 Å². The highest BCUT2D eigenvalue weighted by Gasteiger charge is 2.20. The molecule has 1 rings (SSSR count). The Morgan fingerprint density at radius 3 is 2.26 bits per heavy atom. The molecule has 1 amide bonds. The monoisotopic (exact) mass is 264 g/mol. The van der Waals surface area contributed by atoms with Crippen LogP contribution in [0.3, 0.4) is 0 Å². The lowest BCUT2D eigenvalue weighted by Gasteiger charge is -2.30. The van der Waals surface area contributed by atoms with E-state index in [0.29, 0.717) is 16.6 Å². The molecule has 5 heteroatoms. The van der Waals surface area contributed by atoms with E-state index in [1.807, 2.05) is 27.2 Å². The summed E-state index contributed by atoms with van der Waals surface area (Å²) >= 11 is 0. The summed E-state index contributed by atoms with van der Waals surface area (Å²) < 4.78 is 0.563. The lowest BCUT2D eigenvalue weighted by Crippen LogP contribution is -2.50. The Bertz CT molecular complexity index is 438. The molecule has 5 nitrogen and oxygen atoms in total. The Labute approximate surface area is 113 Å². The average Bonchev–Trinajstić information content (AvgIpc) is 2.26. The summed E-state index contributed by atoms with van der Waals surface area (Å²) in [4.78, 5) is 22.7. The molecule has 0 aromatic heterocycles. The fraction of sp³-hybridized carbons (Fsp3) is 0.429. The normalized spacial score (nSPS) is 12.8. The smallest absolute Gasteiger partial charge is 0.251 e. The zero-order valence-electron chi connectivity index (χ0n) is 11.6. The van der Waals surface area contributed by atoms with Gasteiger partial charge in [0.1, 0.15) is 0 Å². The van der Waals surface area contributed by atoms with Gasteiger partial charge in [-0.2, -0.15) is 0 Å². The first kappa shape index (κ1) is 15.2. The van der Waals surface area contributed by atoms with E-state index in [1.165, 1.54) is 0 Å². The maximum Gasteiger partial charge on any atom is 0.251 e. The molecule has 0 unspecified atom stereocenters. The van der Waals surface area contributed by atoms with Crippen molar-refractivity contribution in [1.82, 2.24) is 5.32 Å². The zero-order valence-corrected chi connectivity index (χ0v) is 11.6. The van der Waals surface area contributed by atoms with Crippen LogP contribution in [0.4, 0.5) is 0 Å². The van der Waals surface area contributed by atoms with E-state index < -0.39 is 12.0 Å². The number of nitrogens with one attached hydrogen (secondary N) is 1. The standard InChI is InChI=1S/C14H20N2O3/c1-16(2,3)10-12(9-13(17)18)15-14(19)11-7-5-4-6-8-11/h4-8,12H,9-10H2,1-3H3,(H-,15,17,18,19)/t12-/m1/s1. The SMILES string of the molecule is C[N+](C)(C)C[C@@H](CC(=O)[O-])NC(=O)c1ccccc1. The molecule has 0 spiro atoms. The number of hydrogen-bond acceptors (Lipinski definition) is 3. The number of likely N-dealkylation sites (N-methyl/N-ethyl adjacent to an activating group) is 1. The minimum Gasteiger partial charge on any atom is -0.550 e. The topological polar surface area (TPSA) is 69.2 Å². The van der Waals surface area contributed by atoms with Crippen molar-refractivity contribution in [1.29, 1.82) is 0 Å². The maximum atomic E-state index is 12.0. The molecule has 1 aromatic carbocycles. The first-order valence-corrected chi connectivity index (χ1v) is 6.14. The van der Waals surface area contributed by atoms with Crippen LogP contribution in [-0.4, -0.2) is 50.1 Å². The molecule has 0 heterocycles. The molecule has 0 fully saturated rings. The van der Waals surface area contributed by atoms with Crippen LogP contribution in [0.5, 0.6) is 0 Å². The molecule has 1 aromatic rings. The molecule has 0 aliphatic heterocycles. The molecule has 0 saturated carbocycles. The van der Waals surface area contributed by atoms with Gasteiger partial charge < -0.3 is 19.7 Å². The van der Waals surface area contributed by atoms with Crippen LogP contribution < -0.4 is 10.4 Å². The van der Waals surface area contributed by atoms with Gasteiger partial charge in [-0.05, 0) is 12.1 Å². The summed E-state index contributed by atoms with van der Waals surface area (Å²) in [6.07, 6.45) is -0.186. The van der Waals surface area contributed by atoms with Crippen LogP contribution in [0.2, 0.25) is 0 Å². The minimum absolute atomic E-state index is 0.186. The number of aliphatic carboxylic acids is 1. The van der Waals surface area contributed by atoms with E-state index in [9.17, 15) is 14.7 Å². The van der Waals surface area contributed by atoms with Gasteiger partial charge in [0.25, 0.3) is 5.91 Å². The molecular formula is C14H20N2O3. The molecular weight excluding hydrogens is 244 g/mol. The molecule has 0 bridgehead atoms. The molecule has 1 atom stereocenters. The van der Waals surface area contributed by atoms with Crippen molar-refractivity contribution in [2.24, 2.45) is 0 Å². The Morgan fingerprint density at radius 1 is 1.21 bits per heavy atom. The van der Waals surface area contributed by atoms with Crippen LogP contribution >= 0.6 is 0 Å². The third-order valence-corrected chi connectivity index (χ3v) is 2.55. The number of nitrogens with zero attached hydrogens (tertiary/aromatic N) is 1. The van der Waals surface area contributed by atoms with Crippen molar-refractivity contribution in [2.75, 3.05) is 27.7 Å². The van der Waals surface area contributed by atoms with E-state index in [1.54, 1.807) is 24.3 Å². The van der Waals surface area contributed by atoms with E-state index in [0.717, 1.165) is 0 Å². The molecule has 19 heavy (non-hydrogen) atoms.